The van der Waals surface area contributed by atoms with Crippen molar-refractivity contribution in [1.82, 2.24) is 4.90 Å². The van der Waals surface area contributed by atoms with E-state index < -0.39 is 0 Å². The lowest BCUT2D eigenvalue weighted by molar-refractivity contribution is -0.134. The zero-order valence-electron chi connectivity index (χ0n) is 10.4. The minimum atomic E-state index is -0.380. The second-order valence-corrected chi connectivity index (χ2v) is 4.96. The second-order valence-electron chi connectivity index (χ2n) is 4.96. The second kappa shape index (κ2) is 6.21. The Bertz CT molecular complexity index is 231. The van der Waals surface area contributed by atoms with Crippen LogP contribution in [0.4, 0.5) is 0 Å². The molecule has 1 saturated heterocycles. The SMILES string of the molecule is CC(C)[C@H](N)C(=O)N1CCCC1CCCO. The van der Waals surface area contributed by atoms with Gasteiger partial charge in [-0.25, -0.2) is 0 Å². The zero-order chi connectivity index (χ0) is 12.1. The smallest absolute Gasteiger partial charge is 0.239 e. The Kier molecular flexibility index (Phi) is 5.22. The van der Waals surface area contributed by atoms with Gasteiger partial charge in [-0.05, 0) is 31.6 Å². The summed E-state index contributed by atoms with van der Waals surface area (Å²) in [6, 6.07) is -0.0841. The van der Waals surface area contributed by atoms with E-state index in [2.05, 4.69) is 0 Å². The number of nitrogens with two attached hydrogens (primary N) is 1. The van der Waals surface area contributed by atoms with Crippen LogP contribution in [-0.4, -0.2) is 41.1 Å². The molecule has 0 aromatic heterocycles. The molecule has 0 aromatic rings. The first-order chi connectivity index (χ1) is 7.57. The zero-order valence-corrected chi connectivity index (χ0v) is 10.4. The summed E-state index contributed by atoms with van der Waals surface area (Å²) in [5.74, 6) is 0.266. The minimum Gasteiger partial charge on any atom is -0.396 e. The van der Waals surface area contributed by atoms with E-state index in [4.69, 9.17) is 10.8 Å². The van der Waals surface area contributed by atoms with Crippen molar-refractivity contribution in [2.24, 2.45) is 11.7 Å². The van der Waals surface area contributed by atoms with Gasteiger partial charge in [0, 0.05) is 19.2 Å². The van der Waals surface area contributed by atoms with Gasteiger partial charge < -0.3 is 15.7 Å². The van der Waals surface area contributed by atoms with Crippen molar-refractivity contribution in [3.05, 3.63) is 0 Å². The van der Waals surface area contributed by atoms with E-state index in [0.29, 0.717) is 6.04 Å². The van der Waals surface area contributed by atoms with Gasteiger partial charge in [0.1, 0.15) is 0 Å². The van der Waals surface area contributed by atoms with E-state index >= 15 is 0 Å². The number of carbonyl (C=O) groups is 1. The largest absolute Gasteiger partial charge is 0.396 e. The lowest BCUT2D eigenvalue weighted by atomic mass is 10.0. The molecule has 1 heterocycles. The van der Waals surface area contributed by atoms with Crippen LogP contribution >= 0.6 is 0 Å². The number of aliphatic hydroxyl groups excluding tert-OH is 1. The van der Waals surface area contributed by atoms with E-state index in [1.165, 1.54) is 0 Å². The van der Waals surface area contributed by atoms with Crippen LogP contribution in [0.1, 0.15) is 39.5 Å². The van der Waals surface area contributed by atoms with Crippen LogP contribution in [0.15, 0.2) is 0 Å². The van der Waals surface area contributed by atoms with Crippen LogP contribution in [0.25, 0.3) is 0 Å². The average molecular weight is 228 g/mol. The maximum atomic E-state index is 12.1. The van der Waals surface area contributed by atoms with Crippen LogP contribution in [0.3, 0.4) is 0 Å². The predicted molar refractivity (Wildman–Crippen MR) is 63.9 cm³/mol. The van der Waals surface area contributed by atoms with E-state index in [0.717, 1.165) is 32.2 Å². The van der Waals surface area contributed by atoms with E-state index in [-0.39, 0.29) is 24.5 Å². The van der Waals surface area contributed by atoms with Crippen molar-refractivity contribution < 1.29 is 9.90 Å². The number of hydrogen-bond acceptors (Lipinski definition) is 3. The quantitative estimate of drug-likeness (QED) is 0.729. The number of rotatable bonds is 5. The molecule has 0 aliphatic carbocycles. The monoisotopic (exact) mass is 228 g/mol. The minimum absolute atomic E-state index is 0.0791. The summed E-state index contributed by atoms with van der Waals surface area (Å²) in [4.78, 5) is 14.0. The van der Waals surface area contributed by atoms with Gasteiger partial charge in [-0.15, -0.1) is 0 Å². The first kappa shape index (κ1) is 13.5. The van der Waals surface area contributed by atoms with Gasteiger partial charge in [0.25, 0.3) is 0 Å². The number of amides is 1. The van der Waals surface area contributed by atoms with Gasteiger partial charge in [-0.3, -0.25) is 4.79 Å². The van der Waals surface area contributed by atoms with E-state index in [1.54, 1.807) is 0 Å². The third-order valence-corrected chi connectivity index (χ3v) is 3.36. The number of nitrogens with zero attached hydrogens (tertiary/aromatic N) is 1. The summed E-state index contributed by atoms with van der Waals surface area (Å²) in [5.41, 5.74) is 5.89. The molecule has 1 aliphatic rings. The molecule has 0 saturated carbocycles. The van der Waals surface area contributed by atoms with Crippen molar-refractivity contribution in [3.8, 4) is 0 Å². The molecule has 1 rings (SSSR count). The van der Waals surface area contributed by atoms with Crippen LogP contribution in [0.5, 0.6) is 0 Å². The van der Waals surface area contributed by atoms with Crippen LogP contribution < -0.4 is 5.73 Å². The lowest BCUT2D eigenvalue weighted by Gasteiger charge is -2.28. The first-order valence-corrected chi connectivity index (χ1v) is 6.24. The van der Waals surface area contributed by atoms with Crippen molar-refractivity contribution in [2.45, 2.75) is 51.6 Å². The Labute approximate surface area is 97.8 Å². The summed E-state index contributed by atoms with van der Waals surface area (Å²) in [7, 11) is 0. The van der Waals surface area contributed by atoms with Crippen molar-refractivity contribution in [1.29, 1.82) is 0 Å². The van der Waals surface area contributed by atoms with Crippen molar-refractivity contribution in [3.63, 3.8) is 0 Å². The molecule has 4 nitrogen and oxygen atoms in total. The first-order valence-electron chi connectivity index (χ1n) is 6.24. The molecule has 94 valence electrons. The number of aliphatic hydroxyl groups is 1. The maximum absolute atomic E-state index is 12.1. The molecule has 2 atom stereocenters. The van der Waals surface area contributed by atoms with Crippen LogP contribution in [0, 0.1) is 5.92 Å². The van der Waals surface area contributed by atoms with Crippen molar-refractivity contribution >= 4 is 5.91 Å². The molecule has 16 heavy (non-hydrogen) atoms. The summed E-state index contributed by atoms with van der Waals surface area (Å²) < 4.78 is 0. The van der Waals surface area contributed by atoms with E-state index in [9.17, 15) is 4.79 Å². The molecule has 3 N–H and O–H groups in total. The van der Waals surface area contributed by atoms with Gasteiger partial charge in [0.15, 0.2) is 0 Å². The molecule has 1 fully saturated rings. The number of hydrogen-bond donors (Lipinski definition) is 2. The highest BCUT2D eigenvalue weighted by Crippen LogP contribution is 2.22. The molecule has 1 aliphatic heterocycles. The fraction of sp³-hybridized carbons (Fsp3) is 0.917. The summed E-state index contributed by atoms with van der Waals surface area (Å²) >= 11 is 0. The van der Waals surface area contributed by atoms with Crippen LogP contribution in [0.2, 0.25) is 0 Å². The molecule has 0 radical (unpaired) electrons. The molecule has 4 heteroatoms. The molecule has 1 amide bonds. The Balaban J connectivity index is 2.53. The topological polar surface area (TPSA) is 66.6 Å². The average Bonchev–Trinajstić information content (AvgIpc) is 2.72. The van der Waals surface area contributed by atoms with E-state index in [1.807, 2.05) is 18.7 Å². The van der Waals surface area contributed by atoms with Crippen molar-refractivity contribution in [2.75, 3.05) is 13.2 Å². The van der Waals surface area contributed by atoms with Gasteiger partial charge >= 0.3 is 0 Å². The Morgan fingerprint density at radius 2 is 2.25 bits per heavy atom. The highest BCUT2D eigenvalue weighted by Gasteiger charge is 2.32. The fourth-order valence-electron chi connectivity index (χ4n) is 2.23. The predicted octanol–water partition coefficient (Wildman–Crippen LogP) is 0.733. The van der Waals surface area contributed by atoms with Gasteiger partial charge in [-0.2, -0.15) is 0 Å². The standard InChI is InChI=1S/C12H24N2O2/c1-9(2)11(13)12(16)14-7-3-5-10(14)6-4-8-15/h9-11,15H,3-8,13H2,1-2H3/t10?,11-/m0/s1. The number of likely N-dealkylation sites (tertiary alicyclic amines) is 1. The summed E-state index contributed by atoms with van der Waals surface area (Å²) in [6.07, 6.45) is 3.78. The van der Waals surface area contributed by atoms with Gasteiger partial charge in [0.05, 0.1) is 6.04 Å². The van der Waals surface area contributed by atoms with Crippen LogP contribution in [-0.2, 0) is 4.79 Å². The Morgan fingerprint density at radius 1 is 1.56 bits per heavy atom. The summed E-state index contributed by atoms with van der Waals surface area (Å²) in [5, 5.41) is 8.82. The molecule has 0 bridgehead atoms. The van der Waals surface area contributed by atoms with Gasteiger partial charge in [0.2, 0.25) is 5.91 Å². The number of carbonyl (C=O) groups excluding carboxylic acids is 1. The lowest BCUT2D eigenvalue weighted by Crippen LogP contribution is -2.48. The molecule has 0 spiro atoms. The summed E-state index contributed by atoms with van der Waals surface area (Å²) in [6.45, 7) is 4.98. The molecule has 1 unspecified atom stereocenters. The molecular weight excluding hydrogens is 204 g/mol. The molecular formula is C12H24N2O2. The fourth-order valence-corrected chi connectivity index (χ4v) is 2.23. The normalized spacial score (nSPS) is 22.8. The molecule has 0 aromatic carbocycles. The Morgan fingerprint density at radius 3 is 2.81 bits per heavy atom. The third-order valence-electron chi connectivity index (χ3n) is 3.36. The van der Waals surface area contributed by atoms with Gasteiger partial charge in [-0.1, -0.05) is 13.8 Å². The highest BCUT2D eigenvalue weighted by atomic mass is 16.3. The maximum Gasteiger partial charge on any atom is 0.239 e. The Hall–Kier alpha value is -0.610. The highest BCUT2D eigenvalue weighted by molar-refractivity contribution is 5.82. The third kappa shape index (κ3) is 3.19.